The summed E-state index contributed by atoms with van der Waals surface area (Å²) < 4.78 is 42.0. The van der Waals surface area contributed by atoms with Gasteiger partial charge in [0.1, 0.15) is 32.5 Å². The maximum Gasteiger partial charge on any atom is 0.326 e. The van der Waals surface area contributed by atoms with Crippen LogP contribution in [0.1, 0.15) is 103 Å². The van der Waals surface area contributed by atoms with Crippen molar-refractivity contribution in [3.8, 4) is 0 Å². The molecule has 23 heteroatoms. The first-order valence-electron chi connectivity index (χ1n) is 23.8. The number of unbranched alkanes of at least 4 members (excludes halogenated alkanes) is 11. The van der Waals surface area contributed by atoms with Crippen LogP contribution >= 0.6 is 0 Å². The zero-order chi connectivity index (χ0) is 50.0. The third-order valence-electron chi connectivity index (χ3n) is 9.46. The van der Waals surface area contributed by atoms with Crippen LogP contribution in [0.25, 0.3) is 0 Å². The molecule has 0 aromatic heterocycles. The molecule has 23 nitrogen and oxygen atoms in total. The maximum atomic E-state index is 12.3. The van der Waals surface area contributed by atoms with E-state index in [2.05, 4.69) is 26.6 Å². The Hall–Kier alpha value is -4.36. The van der Waals surface area contributed by atoms with Gasteiger partial charge in [0.2, 0.25) is 35.8 Å². The van der Waals surface area contributed by atoms with E-state index in [9.17, 15) is 43.5 Å². The Kier molecular flexibility index (Phi) is 45.9. The number of carbonyl (C=O) groups is 7. The number of amides is 5. The molecule has 0 fully saturated rings. The summed E-state index contributed by atoms with van der Waals surface area (Å²) in [5.74, 6) is -3.60. The summed E-state index contributed by atoms with van der Waals surface area (Å²) in [6, 6.07) is -1.16. The molecule has 0 aromatic rings. The molecule has 0 aliphatic rings. The minimum absolute atomic E-state index is 0.0412. The number of hydrogen-bond acceptors (Lipinski definition) is 16. The van der Waals surface area contributed by atoms with Gasteiger partial charge in [-0.05, 0) is 19.3 Å². The van der Waals surface area contributed by atoms with E-state index in [4.69, 9.17) is 43.0 Å². The van der Waals surface area contributed by atoms with Crippen LogP contribution in [0.5, 0.6) is 0 Å². The molecule has 0 heterocycles. The number of hydrogen-bond donors (Lipinski definition) is 7. The standard InChI is InChI=1S/C45H80N5O18/c51-21-26-65-28-27-61-23-18-47-41(54)35-67-33-30-63-25-20-49-43(56)37-68-34-31-64-24-19-48-42(55)36-66-32-29-62-22-17-46-39(52)16-15-38(45(59)60)50-40(53)13-11-9-7-5-3-1-2-4-6-8-10-12-14-44(57)58/h38H,1-20,22-37H2,(H,46,52)(H,47,54)(H,48,55)(H,49,56)(H,50,53)(H,57,58)(H,59,60)/t38-/m0/s1. The monoisotopic (exact) mass is 979 g/mol. The predicted octanol–water partition coefficient (Wildman–Crippen LogP) is 0.589. The van der Waals surface area contributed by atoms with Gasteiger partial charge in [0.05, 0.1) is 79.3 Å². The molecule has 0 saturated carbocycles. The largest absolute Gasteiger partial charge is 0.481 e. The van der Waals surface area contributed by atoms with Crippen molar-refractivity contribution in [3.63, 3.8) is 0 Å². The zero-order valence-electron chi connectivity index (χ0n) is 40.0. The van der Waals surface area contributed by atoms with Crippen LogP contribution in [0.15, 0.2) is 0 Å². The van der Waals surface area contributed by atoms with Gasteiger partial charge < -0.3 is 74.7 Å². The highest BCUT2D eigenvalue weighted by Crippen LogP contribution is 2.13. The Morgan fingerprint density at radius 3 is 1.09 bits per heavy atom. The van der Waals surface area contributed by atoms with E-state index >= 15 is 0 Å². The summed E-state index contributed by atoms with van der Waals surface area (Å²) in [6.07, 6.45) is 14.2. The topological polar surface area (TPSA) is 311 Å². The number of carbonyl (C=O) groups excluding carboxylic acids is 6. The van der Waals surface area contributed by atoms with Crippen molar-refractivity contribution in [3.05, 3.63) is 0 Å². The number of rotatable bonds is 52. The molecule has 7 N–H and O–H groups in total. The molecule has 393 valence electrons. The summed E-state index contributed by atoms with van der Waals surface area (Å²) in [7, 11) is 0. The lowest BCUT2D eigenvalue weighted by molar-refractivity contribution is -0.142. The maximum absolute atomic E-state index is 12.3. The third-order valence-corrected chi connectivity index (χ3v) is 9.46. The van der Waals surface area contributed by atoms with Crippen LogP contribution in [0.3, 0.4) is 0 Å². The molecular weight excluding hydrogens is 899 g/mol. The van der Waals surface area contributed by atoms with Gasteiger partial charge in [-0.15, -0.1) is 0 Å². The molecular formula is C45H80N5O18. The Bertz CT molecular complexity index is 1330. The molecule has 5 amide bonds. The molecule has 68 heavy (non-hydrogen) atoms. The van der Waals surface area contributed by atoms with Crippen molar-refractivity contribution in [1.82, 2.24) is 26.6 Å². The average molecular weight is 979 g/mol. The van der Waals surface area contributed by atoms with Gasteiger partial charge in [-0.1, -0.05) is 64.2 Å². The average Bonchev–Trinajstić information content (AvgIpc) is 3.31. The Morgan fingerprint density at radius 2 is 0.721 bits per heavy atom. The fourth-order valence-electron chi connectivity index (χ4n) is 5.91. The lowest BCUT2D eigenvalue weighted by Gasteiger charge is -2.14. The highest BCUT2D eigenvalue weighted by atomic mass is 16.5. The van der Waals surface area contributed by atoms with Crippen LogP contribution in [0, 0.1) is 0 Å². The number of carboxylic acids is 2. The second-order valence-corrected chi connectivity index (χ2v) is 15.3. The third kappa shape index (κ3) is 48.1. The van der Waals surface area contributed by atoms with Gasteiger partial charge in [0.15, 0.2) is 0 Å². The Labute approximate surface area is 400 Å². The van der Waals surface area contributed by atoms with Crippen molar-refractivity contribution in [2.24, 2.45) is 0 Å². The molecule has 0 aliphatic heterocycles. The summed E-state index contributed by atoms with van der Waals surface area (Å²) in [5.41, 5.74) is 0. The number of nitrogens with one attached hydrogen (secondary N) is 5. The second-order valence-electron chi connectivity index (χ2n) is 15.3. The SMILES string of the molecule is O=[C]COCCOCCNC(=O)COCCOCCNC(=O)COCCOCCNC(=O)COCCOCCNC(=O)CC[C@H](NC(=O)CCCCCCCCCCCCCCC(=O)O)C(=O)O. The minimum atomic E-state index is -1.20. The molecule has 1 atom stereocenters. The van der Waals surface area contributed by atoms with Gasteiger partial charge in [0.25, 0.3) is 0 Å². The highest BCUT2D eigenvalue weighted by Gasteiger charge is 2.21. The van der Waals surface area contributed by atoms with E-state index in [0.29, 0.717) is 26.2 Å². The van der Waals surface area contributed by atoms with Gasteiger partial charge in [-0.25, -0.2) is 4.79 Å². The van der Waals surface area contributed by atoms with Crippen molar-refractivity contribution in [1.29, 1.82) is 0 Å². The van der Waals surface area contributed by atoms with Crippen LogP contribution in [0.4, 0.5) is 0 Å². The van der Waals surface area contributed by atoms with E-state index in [1.54, 1.807) is 6.29 Å². The summed E-state index contributed by atoms with van der Waals surface area (Å²) in [5, 5.41) is 31.2. The molecule has 0 rings (SSSR count). The molecule has 0 saturated heterocycles. The quantitative estimate of drug-likeness (QED) is 0.0410. The number of aliphatic carboxylic acids is 2. The predicted molar refractivity (Wildman–Crippen MR) is 245 cm³/mol. The summed E-state index contributed by atoms with van der Waals surface area (Å²) >= 11 is 0. The molecule has 0 bridgehead atoms. The van der Waals surface area contributed by atoms with E-state index < -0.39 is 18.0 Å². The van der Waals surface area contributed by atoms with Crippen molar-refractivity contribution >= 4 is 47.8 Å². The fourth-order valence-corrected chi connectivity index (χ4v) is 5.91. The molecule has 0 spiro atoms. The van der Waals surface area contributed by atoms with E-state index in [0.717, 1.165) is 57.8 Å². The number of ether oxygens (including phenoxy) is 8. The van der Waals surface area contributed by atoms with E-state index in [1.807, 2.05) is 0 Å². The van der Waals surface area contributed by atoms with E-state index in [1.165, 1.54) is 12.8 Å². The number of carboxylic acid groups (broad SMARTS) is 2. The van der Waals surface area contributed by atoms with Crippen LogP contribution in [-0.4, -0.2) is 196 Å². The lowest BCUT2D eigenvalue weighted by Crippen LogP contribution is -2.41. The van der Waals surface area contributed by atoms with E-state index in [-0.39, 0.29) is 167 Å². The molecule has 1 radical (unpaired) electrons. The van der Waals surface area contributed by atoms with Crippen LogP contribution in [-0.2, 0) is 76.3 Å². The molecule has 0 aliphatic carbocycles. The lowest BCUT2D eigenvalue weighted by atomic mass is 10.0. The normalized spacial score (nSPS) is 11.4. The molecule has 0 unspecified atom stereocenters. The van der Waals surface area contributed by atoms with Crippen LogP contribution < -0.4 is 26.6 Å². The first-order chi connectivity index (χ1) is 33.0. The minimum Gasteiger partial charge on any atom is -0.481 e. The second kappa shape index (κ2) is 49.1. The van der Waals surface area contributed by atoms with Gasteiger partial charge >= 0.3 is 11.9 Å². The van der Waals surface area contributed by atoms with Gasteiger partial charge in [-0.2, -0.15) is 0 Å². The zero-order valence-corrected chi connectivity index (χ0v) is 40.0. The van der Waals surface area contributed by atoms with Gasteiger partial charge in [-0.3, -0.25) is 33.6 Å². The van der Waals surface area contributed by atoms with Gasteiger partial charge in [0, 0.05) is 45.4 Å². The highest BCUT2D eigenvalue weighted by molar-refractivity contribution is 5.84. The fraction of sp³-hybridized carbons (Fsp3) is 0.822. The summed E-state index contributed by atoms with van der Waals surface area (Å²) in [6.45, 7) is 3.17. The first-order valence-corrected chi connectivity index (χ1v) is 23.8. The first kappa shape index (κ1) is 63.6. The smallest absolute Gasteiger partial charge is 0.326 e. The molecule has 0 aromatic carbocycles. The van der Waals surface area contributed by atoms with Crippen molar-refractivity contribution in [2.75, 3.05) is 132 Å². The van der Waals surface area contributed by atoms with Crippen LogP contribution in [0.2, 0.25) is 0 Å². The summed E-state index contributed by atoms with van der Waals surface area (Å²) in [4.78, 5) is 92.2. The Balaban J connectivity index is 3.59. The Morgan fingerprint density at radius 1 is 0.382 bits per heavy atom. The van der Waals surface area contributed by atoms with Crippen molar-refractivity contribution in [2.45, 2.75) is 109 Å². The van der Waals surface area contributed by atoms with Crippen molar-refractivity contribution < 1.29 is 86.5 Å².